The van der Waals surface area contributed by atoms with Crippen molar-refractivity contribution in [2.45, 2.75) is 18.8 Å². The third-order valence-electron chi connectivity index (χ3n) is 6.15. The van der Waals surface area contributed by atoms with Crippen molar-refractivity contribution in [2.75, 3.05) is 14.2 Å². The summed E-state index contributed by atoms with van der Waals surface area (Å²) >= 11 is 0. The molecule has 0 radical (unpaired) electrons. The van der Waals surface area contributed by atoms with Gasteiger partial charge in [-0.3, -0.25) is 0 Å². The summed E-state index contributed by atoms with van der Waals surface area (Å²) in [6, 6.07) is 16.2. The van der Waals surface area contributed by atoms with Crippen molar-refractivity contribution in [2.24, 2.45) is 5.41 Å². The second kappa shape index (κ2) is 8.72. The van der Waals surface area contributed by atoms with E-state index in [1.165, 1.54) is 19.2 Å². The average Bonchev–Trinajstić information content (AvgIpc) is 3.15. The molecule has 0 bridgehead atoms. The molecule has 3 rings (SSSR count). The number of rotatable bonds is 5. The van der Waals surface area contributed by atoms with Gasteiger partial charge in [-0.05, 0) is 36.6 Å². The van der Waals surface area contributed by atoms with E-state index in [0.717, 1.165) is 24.8 Å². The van der Waals surface area contributed by atoms with Crippen LogP contribution in [0.2, 0.25) is 0 Å². The van der Waals surface area contributed by atoms with Gasteiger partial charge in [-0.15, -0.1) is 0 Å². The van der Waals surface area contributed by atoms with Crippen molar-refractivity contribution in [3.63, 3.8) is 0 Å². The van der Waals surface area contributed by atoms with Gasteiger partial charge in [0.05, 0.1) is 31.8 Å². The Bertz CT molecular complexity index is 1230. The fraction of sp³-hybridized carbons (Fsp3) is 0.231. The van der Waals surface area contributed by atoms with Gasteiger partial charge in [0, 0.05) is 16.7 Å². The van der Waals surface area contributed by atoms with Gasteiger partial charge in [0.15, 0.2) is 5.41 Å². The van der Waals surface area contributed by atoms with E-state index in [4.69, 9.17) is 9.47 Å². The number of carbonyl (C=O) groups excluding carboxylic acids is 2. The van der Waals surface area contributed by atoms with Crippen molar-refractivity contribution >= 4 is 17.5 Å². The number of hydrogen-bond donors (Lipinski definition) is 0. The van der Waals surface area contributed by atoms with Crippen LogP contribution in [-0.4, -0.2) is 26.2 Å². The Morgan fingerprint density at radius 3 is 2.06 bits per heavy atom. The summed E-state index contributed by atoms with van der Waals surface area (Å²) in [4.78, 5) is 25.7. The number of aryl methyl sites for hydroxylation is 1. The van der Waals surface area contributed by atoms with Crippen LogP contribution in [0.5, 0.6) is 0 Å². The first-order chi connectivity index (χ1) is 15.7. The number of esters is 2. The van der Waals surface area contributed by atoms with Crippen LogP contribution in [0.3, 0.4) is 0 Å². The number of allylic oxidation sites excluding steroid dienone is 1. The summed E-state index contributed by atoms with van der Waals surface area (Å²) in [5, 5.41) is 21.0. The van der Waals surface area contributed by atoms with E-state index in [0.29, 0.717) is 5.56 Å². The highest BCUT2D eigenvalue weighted by molar-refractivity contribution is 6.06. The first-order valence-electron chi connectivity index (χ1n) is 9.97. The molecule has 0 saturated heterocycles. The van der Waals surface area contributed by atoms with Crippen molar-refractivity contribution in [1.82, 2.24) is 0 Å². The molecular formula is C26H21FN2O4. The Morgan fingerprint density at radius 1 is 1.00 bits per heavy atom. The maximum Gasteiger partial charge on any atom is 0.334 e. The normalized spacial score (nSPS) is 18.7. The molecule has 2 aromatic rings. The zero-order chi connectivity index (χ0) is 24.4. The van der Waals surface area contributed by atoms with Gasteiger partial charge in [-0.2, -0.15) is 10.5 Å². The van der Waals surface area contributed by atoms with Crippen LogP contribution in [0.15, 0.2) is 66.3 Å². The summed E-state index contributed by atoms with van der Waals surface area (Å²) in [7, 11) is 2.34. The lowest BCUT2D eigenvalue weighted by Gasteiger charge is -2.40. The summed E-state index contributed by atoms with van der Waals surface area (Å²) in [5.74, 6) is -2.15. The maximum atomic E-state index is 13.8. The smallest absolute Gasteiger partial charge is 0.334 e. The molecule has 2 aromatic carbocycles. The average molecular weight is 444 g/mol. The van der Waals surface area contributed by atoms with Gasteiger partial charge in [-0.1, -0.05) is 48.5 Å². The first kappa shape index (κ1) is 23.4. The number of nitriles is 2. The van der Waals surface area contributed by atoms with E-state index in [1.807, 2.05) is 6.92 Å². The second-order valence-corrected chi connectivity index (χ2v) is 7.74. The highest BCUT2D eigenvalue weighted by Crippen LogP contribution is 2.63. The molecule has 0 N–H and O–H groups in total. The number of methoxy groups -OCH3 is 2. The molecule has 33 heavy (non-hydrogen) atoms. The molecule has 0 amide bonds. The molecule has 1 aliphatic carbocycles. The molecule has 0 fully saturated rings. The number of ether oxygens (including phenoxy) is 2. The SMILES string of the molecule is C=C(C(=O)OC)[C@@]1(c2ccc(F)cc2)CC(C(=O)OC)=C(c2ccc(C)cc2)C1(C#N)C#N. The Morgan fingerprint density at radius 2 is 1.58 bits per heavy atom. The molecular weight excluding hydrogens is 423 g/mol. The quantitative estimate of drug-likeness (QED) is 0.507. The molecule has 0 saturated carbocycles. The highest BCUT2D eigenvalue weighted by atomic mass is 19.1. The van der Waals surface area contributed by atoms with Crippen molar-refractivity contribution in [3.05, 3.63) is 88.8 Å². The monoisotopic (exact) mass is 444 g/mol. The van der Waals surface area contributed by atoms with Crippen LogP contribution in [0.25, 0.3) is 5.57 Å². The number of hydrogen-bond acceptors (Lipinski definition) is 6. The predicted octanol–water partition coefficient (Wildman–Crippen LogP) is 4.17. The van der Waals surface area contributed by atoms with E-state index in [9.17, 15) is 24.5 Å². The zero-order valence-corrected chi connectivity index (χ0v) is 18.4. The molecule has 0 unspecified atom stereocenters. The summed E-state index contributed by atoms with van der Waals surface area (Å²) in [6.45, 7) is 5.75. The van der Waals surface area contributed by atoms with Crippen LogP contribution >= 0.6 is 0 Å². The van der Waals surface area contributed by atoms with Gasteiger partial charge >= 0.3 is 11.9 Å². The lowest BCUT2D eigenvalue weighted by molar-refractivity contribution is -0.138. The molecule has 0 aliphatic heterocycles. The van der Waals surface area contributed by atoms with E-state index in [2.05, 4.69) is 18.7 Å². The van der Waals surface area contributed by atoms with Crippen molar-refractivity contribution in [3.8, 4) is 12.1 Å². The largest absolute Gasteiger partial charge is 0.466 e. The zero-order valence-electron chi connectivity index (χ0n) is 18.4. The first-order valence-corrected chi connectivity index (χ1v) is 9.97. The van der Waals surface area contributed by atoms with E-state index in [1.54, 1.807) is 24.3 Å². The number of halogens is 1. The van der Waals surface area contributed by atoms with Gasteiger partial charge in [0.25, 0.3) is 0 Å². The number of benzene rings is 2. The van der Waals surface area contributed by atoms with Gasteiger partial charge < -0.3 is 9.47 Å². The van der Waals surface area contributed by atoms with E-state index >= 15 is 0 Å². The molecule has 7 heteroatoms. The van der Waals surface area contributed by atoms with Gasteiger partial charge in [0.1, 0.15) is 5.82 Å². The topological polar surface area (TPSA) is 100 Å². The fourth-order valence-corrected chi connectivity index (χ4v) is 4.52. The molecule has 1 atom stereocenters. The lowest BCUT2D eigenvalue weighted by Crippen LogP contribution is -2.45. The van der Waals surface area contributed by atoms with Crippen LogP contribution in [0.1, 0.15) is 23.1 Å². The Labute approximate surface area is 191 Å². The van der Waals surface area contributed by atoms with Crippen molar-refractivity contribution < 1.29 is 23.5 Å². The molecule has 1 aliphatic rings. The maximum absolute atomic E-state index is 13.8. The van der Waals surface area contributed by atoms with E-state index in [-0.39, 0.29) is 28.7 Å². The van der Waals surface area contributed by atoms with Crippen LogP contribution < -0.4 is 0 Å². The predicted molar refractivity (Wildman–Crippen MR) is 118 cm³/mol. The second-order valence-electron chi connectivity index (χ2n) is 7.74. The Kier molecular flexibility index (Phi) is 6.19. The standard InChI is InChI=1S/C26H21FN2O4/c1-16-5-7-18(8-6-16)22-21(24(31)33-4)13-26(17(2)23(30)32-3,25(22,14-28)15-29)19-9-11-20(27)12-10-19/h5-12H,2,13H2,1,3-4H3/t26-/m1/s1. The minimum absolute atomic E-state index is 0.0545. The Balaban J connectivity index is 2.49. The third kappa shape index (κ3) is 3.39. The molecule has 0 aromatic heterocycles. The Hall–Kier alpha value is -4.23. The molecule has 166 valence electrons. The molecule has 0 spiro atoms. The minimum Gasteiger partial charge on any atom is -0.466 e. The fourth-order valence-electron chi connectivity index (χ4n) is 4.52. The molecule has 0 heterocycles. The molecule has 6 nitrogen and oxygen atoms in total. The minimum atomic E-state index is -2.07. The highest BCUT2D eigenvalue weighted by Gasteiger charge is 2.65. The van der Waals surface area contributed by atoms with Gasteiger partial charge in [0.2, 0.25) is 0 Å². The third-order valence-corrected chi connectivity index (χ3v) is 6.15. The number of nitrogens with zero attached hydrogens (tertiary/aromatic N) is 2. The lowest BCUT2D eigenvalue weighted by atomic mass is 9.56. The van der Waals surface area contributed by atoms with Crippen LogP contribution in [-0.2, 0) is 24.5 Å². The number of carbonyl (C=O) groups is 2. The van der Waals surface area contributed by atoms with Crippen LogP contribution in [0, 0.1) is 40.8 Å². The summed E-state index contributed by atoms with van der Waals surface area (Å²) in [5.41, 5.74) is -2.19. The van der Waals surface area contributed by atoms with Crippen LogP contribution in [0.4, 0.5) is 4.39 Å². The summed E-state index contributed by atoms with van der Waals surface area (Å²) < 4.78 is 23.7. The summed E-state index contributed by atoms with van der Waals surface area (Å²) in [6.07, 6.45) is -0.246. The van der Waals surface area contributed by atoms with Crippen molar-refractivity contribution in [1.29, 1.82) is 10.5 Å². The van der Waals surface area contributed by atoms with Gasteiger partial charge in [-0.25, -0.2) is 14.0 Å². The van der Waals surface area contributed by atoms with E-state index < -0.39 is 28.6 Å².